The van der Waals surface area contributed by atoms with E-state index in [1.165, 1.54) is 18.4 Å². The number of piperidine rings is 1. The molecule has 1 unspecified atom stereocenters. The van der Waals surface area contributed by atoms with E-state index in [2.05, 4.69) is 17.9 Å². The van der Waals surface area contributed by atoms with Crippen molar-refractivity contribution in [1.29, 1.82) is 0 Å². The average Bonchev–Trinajstić information content (AvgIpc) is 2.43. The molecule has 1 fully saturated rings. The zero-order valence-electron chi connectivity index (χ0n) is 12.9. The molecule has 0 aliphatic carbocycles. The molecule has 0 saturated carbocycles. The summed E-state index contributed by atoms with van der Waals surface area (Å²) in [6, 6.07) is 6.04. The van der Waals surface area contributed by atoms with Crippen molar-refractivity contribution in [3.8, 4) is 5.75 Å². The largest absolute Gasteiger partial charge is 0.494 e. The van der Waals surface area contributed by atoms with Crippen molar-refractivity contribution in [3.63, 3.8) is 0 Å². The number of benzene rings is 1. The molecule has 0 spiro atoms. The standard InChI is InChI=1S/C17H27NO2/c1-4-20-17-6-5-15(14(3)19)11-16(17)12-18-9-7-13(2)8-10-18/h5-6,11,13-14,19H,4,7-10,12H2,1-3H3. The van der Waals surface area contributed by atoms with Gasteiger partial charge < -0.3 is 9.84 Å². The van der Waals surface area contributed by atoms with Gasteiger partial charge >= 0.3 is 0 Å². The van der Waals surface area contributed by atoms with E-state index in [1.807, 2.05) is 26.0 Å². The van der Waals surface area contributed by atoms with Crippen LogP contribution in [0.5, 0.6) is 5.75 Å². The van der Waals surface area contributed by atoms with E-state index in [1.54, 1.807) is 0 Å². The van der Waals surface area contributed by atoms with Gasteiger partial charge in [0.05, 0.1) is 12.7 Å². The molecule has 2 rings (SSSR count). The Bertz CT molecular complexity index is 423. The predicted molar refractivity (Wildman–Crippen MR) is 81.9 cm³/mol. The van der Waals surface area contributed by atoms with Gasteiger partial charge in [0.25, 0.3) is 0 Å². The fourth-order valence-corrected chi connectivity index (χ4v) is 2.74. The van der Waals surface area contributed by atoms with Gasteiger partial charge in [0.15, 0.2) is 0 Å². The fourth-order valence-electron chi connectivity index (χ4n) is 2.74. The van der Waals surface area contributed by atoms with E-state index in [4.69, 9.17) is 4.74 Å². The summed E-state index contributed by atoms with van der Waals surface area (Å²) in [5, 5.41) is 9.76. The molecule has 1 aromatic rings. The Morgan fingerprint density at radius 3 is 2.65 bits per heavy atom. The Morgan fingerprint density at radius 1 is 1.35 bits per heavy atom. The van der Waals surface area contributed by atoms with Gasteiger partial charge in [-0.15, -0.1) is 0 Å². The molecule has 1 heterocycles. The van der Waals surface area contributed by atoms with Crippen molar-refractivity contribution in [2.75, 3.05) is 19.7 Å². The van der Waals surface area contributed by atoms with E-state index in [0.717, 1.165) is 36.9 Å². The van der Waals surface area contributed by atoms with Crippen LogP contribution in [0.3, 0.4) is 0 Å². The fraction of sp³-hybridized carbons (Fsp3) is 0.647. The predicted octanol–water partition coefficient (Wildman–Crippen LogP) is 3.37. The van der Waals surface area contributed by atoms with Crippen molar-refractivity contribution >= 4 is 0 Å². The number of aliphatic hydroxyl groups excluding tert-OH is 1. The second kappa shape index (κ2) is 7.09. The summed E-state index contributed by atoms with van der Waals surface area (Å²) in [4.78, 5) is 2.49. The monoisotopic (exact) mass is 277 g/mol. The third-order valence-corrected chi connectivity index (χ3v) is 4.14. The van der Waals surface area contributed by atoms with Crippen molar-refractivity contribution in [2.24, 2.45) is 5.92 Å². The highest BCUT2D eigenvalue weighted by atomic mass is 16.5. The molecule has 0 radical (unpaired) electrons. The summed E-state index contributed by atoms with van der Waals surface area (Å²) in [6.45, 7) is 10.1. The maximum absolute atomic E-state index is 9.76. The van der Waals surface area contributed by atoms with Gasteiger partial charge in [0.2, 0.25) is 0 Å². The number of ether oxygens (including phenoxy) is 1. The van der Waals surface area contributed by atoms with Gasteiger partial charge in [-0.05, 0) is 63.4 Å². The third kappa shape index (κ3) is 3.97. The first kappa shape index (κ1) is 15.3. The number of nitrogens with zero attached hydrogens (tertiary/aromatic N) is 1. The molecule has 1 aromatic carbocycles. The minimum atomic E-state index is -0.425. The minimum Gasteiger partial charge on any atom is -0.494 e. The molecule has 1 aliphatic rings. The van der Waals surface area contributed by atoms with Gasteiger partial charge in [0.1, 0.15) is 5.75 Å². The summed E-state index contributed by atoms with van der Waals surface area (Å²) >= 11 is 0. The maximum atomic E-state index is 9.76. The lowest BCUT2D eigenvalue weighted by Crippen LogP contribution is -2.32. The first-order valence-corrected chi connectivity index (χ1v) is 7.76. The van der Waals surface area contributed by atoms with Gasteiger partial charge in [-0.25, -0.2) is 0 Å². The number of rotatable bonds is 5. The molecule has 3 nitrogen and oxygen atoms in total. The van der Waals surface area contributed by atoms with Crippen molar-refractivity contribution in [1.82, 2.24) is 4.90 Å². The number of hydrogen-bond donors (Lipinski definition) is 1. The highest BCUT2D eigenvalue weighted by Crippen LogP contribution is 2.26. The van der Waals surface area contributed by atoms with E-state index < -0.39 is 6.10 Å². The normalized spacial score (nSPS) is 19.0. The Balaban J connectivity index is 2.12. The highest BCUT2D eigenvalue weighted by Gasteiger charge is 2.18. The molecule has 0 amide bonds. The molecule has 20 heavy (non-hydrogen) atoms. The Morgan fingerprint density at radius 2 is 2.05 bits per heavy atom. The van der Waals surface area contributed by atoms with Crippen molar-refractivity contribution < 1.29 is 9.84 Å². The van der Waals surface area contributed by atoms with Crippen molar-refractivity contribution in [3.05, 3.63) is 29.3 Å². The molecule has 0 aromatic heterocycles. The second-order valence-electron chi connectivity index (χ2n) is 5.93. The average molecular weight is 277 g/mol. The van der Waals surface area contributed by atoms with Crippen LogP contribution in [0.25, 0.3) is 0 Å². The van der Waals surface area contributed by atoms with E-state index in [-0.39, 0.29) is 0 Å². The van der Waals surface area contributed by atoms with Crippen LogP contribution in [0.2, 0.25) is 0 Å². The topological polar surface area (TPSA) is 32.7 Å². The Labute approximate surface area is 122 Å². The summed E-state index contributed by atoms with van der Waals surface area (Å²) < 4.78 is 5.73. The first-order valence-electron chi connectivity index (χ1n) is 7.76. The van der Waals surface area contributed by atoms with E-state index >= 15 is 0 Å². The molecule has 1 N–H and O–H groups in total. The van der Waals surface area contributed by atoms with E-state index in [0.29, 0.717) is 6.61 Å². The smallest absolute Gasteiger partial charge is 0.123 e. The molecule has 1 aliphatic heterocycles. The number of likely N-dealkylation sites (tertiary alicyclic amines) is 1. The molecule has 112 valence electrons. The zero-order valence-corrected chi connectivity index (χ0v) is 12.9. The molecule has 1 saturated heterocycles. The van der Waals surface area contributed by atoms with Crippen LogP contribution in [0, 0.1) is 5.92 Å². The molecule has 1 atom stereocenters. The lowest BCUT2D eigenvalue weighted by Gasteiger charge is -2.30. The molecule has 0 bridgehead atoms. The minimum absolute atomic E-state index is 0.425. The van der Waals surface area contributed by atoms with Crippen LogP contribution >= 0.6 is 0 Å². The van der Waals surface area contributed by atoms with Crippen LogP contribution in [0.4, 0.5) is 0 Å². The molecular weight excluding hydrogens is 250 g/mol. The van der Waals surface area contributed by atoms with Gasteiger partial charge in [-0.1, -0.05) is 13.0 Å². The van der Waals surface area contributed by atoms with Crippen LogP contribution in [-0.4, -0.2) is 29.7 Å². The van der Waals surface area contributed by atoms with Gasteiger partial charge in [-0.2, -0.15) is 0 Å². The summed E-state index contributed by atoms with van der Waals surface area (Å²) in [6.07, 6.45) is 2.13. The number of aliphatic hydroxyl groups is 1. The second-order valence-corrected chi connectivity index (χ2v) is 5.93. The van der Waals surface area contributed by atoms with Crippen molar-refractivity contribution in [2.45, 2.75) is 46.3 Å². The Hall–Kier alpha value is -1.06. The van der Waals surface area contributed by atoms with Crippen LogP contribution in [-0.2, 0) is 6.54 Å². The molecule has 3 heteroatoms. The zero-order chi connectivity index (χ0) is 14.5. The lowest BCUT2D eigenvalue weighted by atomic mass is 9.98. The van der Waals surface area contributed by atoms with E-state index in [9.17, 15) is 5.11 Å². The maximum Gasteiger partial charge on any atom is 0.123 e. The summed E-state index contributed by atoms with van der Waals surface area (Å²) in [5.74, 6) is 1.80. The quantitative estimate of drug-likeness (QED) is 0.895. The lowest BCUT2D eigenvalue weighted by molar-refractivity contribution is 0.181. The summed E-state index contributed by atoms with van der Waals surface area (Å²) in [5.41, 5.74) is 2.16. The van der Waals surface area contributed by atoms with Crippen LogP contribution in [0.1, 0.15) is 50.8 Å². The SMILES string of the molecule is CCOc1ccc(C(C)O)cc1CN1CCC(C)CC1. The summed E-state index contributed by atoms with van der Waals surface area (Å²) in [7, 11) is 0. The molecular formula is C17H27NO2. The first-order chi connectivity index (χ1) is 9.60. The number of hydrogen-bond acceptors (Lipinski definition) is 3. The highest BCUT2D eigenvalue weighted by molar-refractivity contribution is 5.38. The third-order valence-electron chi connectivity index (χ3n) is 4.14. The van der Waals surface area contributed by atoms with Crippen LogP contribution < -0.4 is 4.74 Å². The Kier molecular flexibility index (Phi) is 5.44. The van der Waals surface area contributed by atoms with Gasteiger partial charge in [0, 0.05) is 12.1 Å². The van der Waals surface area contributed by atoms with Crippen LogP contribution in [0.15, 0.2) is 18.2 Å². The van der Waals surface area contributed by atoms with Gasteiger partial charge in [-0.3, -0.25) is 4.90 Å².